The number of likely N-dealkylation sites (tertiary alicyclic amines) is 1. The molecular weight excluding hydrogens is 393 g/mol. The van der Waals surface area contributed by atoms with Crippen molar-refractivity contribution in [2.24, 2.45) is 5.92 Å². The highest BCUT2D eigenvalue weighted by atomic mass is 19.4. The quantitative estimate of drug-likeness (QED) is 0.758. The standard InChI is InChI=1S/C22H25F3N4O/c1-27(2)17-7-5-16(6-8-17)21(30)29-13-10-15-9-12-28(14-19(15)29)20-18(22(23,24)25)4-3-11-26-20/h3-8,11,15,19H,9-10,12-14H2,1-2H3. The molecule has 3 heterocycles. The molecule has 160 valence electrons. The second-order valence-corrected chi connectivity index (χ2v) is 8.16. The Kier molecular flexibility index (Phi) is 5.34. The van der Waals surface area contributed by atoms with Crippen LogP contribution in [0.1, 0.15) is 28.8 Å². The number of amides is 1. The molecule has 2 aliphatic heterocycles. The third kappa shape index (κ3) is 3.82. The molecule has 2 aliphatic rings. The van der Waals surface area contributed by atoms with Crippen LogP contribution in [0.5, 0.6) is 0 Å². The fourth-order valence-electron chi connectivity index (χ4n) is 4.52. The number of carbonyl (C=O) groups excluding carboxylic acids is 1. The topological polar surface area (TPSA) is 39.7 Å². The number of anilines is 2. The Hall–Kier alpha value is -2.77. The van der Waals surface area contributed by atoms with Gasteiger partial charge in [0.15, 0.2) is 0 Å². The zero-order valence-corrected chi connectivity index (χ0v) is 17.1. The van der Waals surface area contributed by atoms with Crippen LogP contribution in [0.15, 0.2) is 42.6 Å². The lowest BCUT2D eigenvalue weighted by Gasteiger charge is -2.39. The molecule has 0 spiro atoms. The number of pyridine rings is 1. The molecule has 30 heavy (non-hydrogen) atoms. The molecule has 5 nitrogen and oxygen atoms in total. The molecular formula is C22H25F3N4O. The van der Waals surface area contributed by atoms with Gasteiger partial charge in [0.05, 0.1) is 11.6 Å². The minimum Gasteiger partial charge on any atom is -0.378 e. The number of hydrogen-bond acceptors (Lipinski definition) is 4. The van der Waals surface area contributed by atoms with Gasteiger partial charge in [-0.2, -0.15) is 13.2 Å². The maximum absolute atomic E-state index is 13.5. The molecule has 8 heteroatoms. The Morgan fingerprint density at radius 2 is 1.80 bits per heavy atom. The van der Waals surface area contributed by atoms with Gasteiger partial charge in [-0.1, -0.05) is 0 Å². The number of carbonyl (C=O) groups is 1. The number of halogens is 3. The van der Waals surface area contributed by atoms with Crippen LogP contribution in [0.4, 0.5) is 24.7 Å². The predicted molar refractivity (Wildman–Crippen MR) is 110 cm³/mol. The van der Waals surface area contributed by atoms with Gasteiger partial charge in [-0.25, -0.2) is 4.98 Å². The summed E-state index contributed by atoms with van der Waals surface area (Å²) in [7, 11) is 3.87. The van der Waals surface area contributed by atoms with Crippen molar-refractivity contribution in [3.05, 3.63) is 53.7 Å². The fraction of sp³-hybridized carbons (Fsp3) is 0.455. The van der Waals surface area contributed by atoms with Crippen molar-refractivity contribution >= 4 is 17.4 Å². The monoisotopic (exact) mass is 418 g/mol. The molecule has 4 rings (SSSR count). The van der Waals surface area contributed by atoms with Crippen molar-refractivity contribution in [2.75, 3.05) is 43.5 Å². The summed E-state index contributed by atoms with van der Waals surface area (Å²) in [4.78, 5) is 22.7. The van der Waals surface area contributed by atoms with Gasteiger partial charge in [0, 0.05) is 51.2 Å². The highest BCUT2D eigenvalue weighted by Gasteiger charge is 2.43. The van der Waals surface area contributed by atoms with Gasteiger partial charge in [-0.3, -0.25) is 4.79 Å². The number of alkyl halides is 3. The van der Waals surface area contributed by atoms with Crippen LogP contribution in [-0.4, -0.2) is 55.6 Å². The molecule has 0 bridgehead atoms. The van der Waals surface area contributed by atoms with Gasteiger partial charge in [-0.15, -0.1) is 0 Å². The van der Waals surface area contributed by atoms with E-state index in [1.807, 2.05) is 48.2 Å². The molecule has 2 fully saturated rings. The summed E-state index contributed by atoms with van der Waals surface area (Å²) in [5.74, 6) is 0.203. The van der Waals surface area contributed by atoms with Crippen molar-refractivity contribution in [2.45, 2.75) is 25.1 Å². The SMILES string of the molecule is CN(C)c1ccc(C(=O)N2CCC3CCN(c4ncccc4C(F)(F)F)CC32)cc1. The first-order chi connectivity index (χ1) is 14.3. The minimum atomic E-state index is -4.46. The minimum absolute atomic E-state index is 0.0434. The molecule has 0 radical (unpaired) electrons. The highest BCUT2D eigenvalue weighted by Crippen LogP contribution is 2.39. The molecule has 2 saturated heterocycles. The number of hydrogen-bond donors (Lipinski definition) is 0. The molecule has 0 aliphatic carbocycles. The summed E-state index contributed by atoms with van der Waals surface area (Å²) in [6, 6.07) is 9.69. The predicted octanol–water partition coefficient (Wildman–Crippen LogP) is 3.91. The van der Waals surface area contributed by atoms with E-state index in [4.69, 9.17) is 0 Å². The molecule has 1 amide bonds. The Balaban J connectivity index is 1.55. The van der Waals surface area contributed by atoms with Gasteiger partial charge >= 0.3 is 6.18 Å². The van der Waals surface area contributed by atoms with Crippen LogP contribution in [0.2, 0.25) is 0 Å². The zero-order valence-electron chi connectivity index (χ0n) is 17.1. The first-order valence-corrected chi connectivity index (χ1v) is 10.1. The van der Waals surface area contributed by atoms with E-state index in [2.05, 4.69) is 4.98 Å². The number of rotatable bonds is 3. The Labute approximate surface area is 174 Å². The number of piperidine rings is 1. The van der Waals surface area contributed by atoms with E-state index in [0.717, 1.165) is 24.6 Å². The maximum atomic E-state index is 13.5. The zero-order chi connectivity index (χ0) is 21.5. The molecule has 2 aromatic rings. The van der Waals surface area contributed by atoms with Gasteiger partial charge in [0.2, 0.25) is 0 Å². The number of fused-ring (bicyclic) bond motifs is 1. The van der Waals surface area contributed by atoms with E-state index >= 15 is 0 Å². The molecule has 1 aromatic carbocycles. The van der Waals surface area contributed by atoms with Crippen molar-refractivity contribution in [1.82, 2.24) is 9.88 Å². The number of aromatic nitrogens is 1. The number of benzene rings is 1. The Bertz CT molecular complexity index is 913. The smallest absolute Gasteiger partial charge is 0.378 e. The summed E-state index contributed by atoms with van der Waals surface area (Å²) in [5.41, 5.74) is 0.885. The highest BCUT2D eigenvalue weighted by molar-refractivity contribution is 5.95. The van der Waals surface area contributed by atoms with Crippen LogP contribution in [0, 0.1) is 5.92 Å². The lowest BCUT2D eigenvalue weighted by atomic mass is 9.91. The van der Waals surface area contributed by atoms with E-state index in [-0.39, 0.29) is 17.8 Å². The largest absolute Gasteiger partial charge is 0.419 e. The average molecular weight is 418 g/mol. The van der Waals surface area contributed by atoms with Crippen molar-refractivity contribution in [3.63, 3.8) is 0 Å². The average Bonchev–Trinajstić information content (AvgIpc) is 3.16. The number of nitrogens with zero attached hydrogens (tertiary/aromatic N) is 4. The first-order valence-electron chi connectivity index (χ1n) is 10.1. The van der Waals surface area contributed by atoms with Crippen LogP contribution >= 0.6 is 0 Å². The summed E-state index contributed by atoms with van der Waals surface area (Å²) in [5, 5.41) is 0. The lowest BCUT2D eigenvalue weighted by Crippen LogP contribution is -2.50. The van der Waals surface area contributed by atoms with Gasteiger partial charge < -0.3 is 14.7 Å². The normalized spacial score (nSPS) is 21.5. The molecule has 0 N–H and O–H groups in total. The maximum Gasteiger partial charge on any atom is 0.419 e. The van der Waals surface area contributed by atoms with Gasteiger partial charge in [0.25, 0.3) is 5.91 Å². The summed E-state index contributed by atoms with van der Waals surface area (Å²) in [6.07, 6.45) is -1.43. The first kappa shape index (κ1) is 20.5. The Morgan fingerprint density at radius 3 is 2.47 bits per heavy atom. The van der Waals surface area contributed by atoms with E-state index in [1.165, 1.54) is 12.3 Å². The molecule has 1 aromatic heterocycles. The Morgan fingerprint density at radius 1 is 1.10 bits per heavy atom. The van der Waals surface area contributed by atoms with E-state index in [0.29, 0.717) is 31.1 Å². The lowest BCUT2D eigenvalue weighted by molar-refractivity contribution is -0.137. The molecule has 2 atom stereocenters. The third-order valence-corrected chi connectivity index (χ3v) is 6.15. The van der Waals surface area contributed by atoms with Crippen LogP contribution in [0.25, 0.3) is 0 Å². The molecule has 0 saturated carbocycles. The van der Waals surface area contributed by atoms with Gasteiger partial charge in [0.1, 0.15) is 5.82 Å². The summed E-state index contributed by atoms with van der Waals surface area (Å²) in [6.45, 7) is 1.51. The van der Waals surface area contributed by atoms with Crippen LogP contribution < -0.4 is 9.80 Å². The van der Waals surface area contributed by atoms with Gasteiger partial charge in [-0.05, 0) is 55.2 Å². The fourth-order valence-corrected chi connectivity index (χ4v) is 4.52. The molecule has 2 unspecified atom stereocenters. The van der Waals surface area contributed by atoms with Crippen LogP contribution in [-0.2, 0) is 6.18 Å². The second kappa shape index (κ2) is 7.81. The second-order valence-electron chi connectivity index (χ2n) is 8.16. The summed E-state index contributed by atoms with van der Waals surface area (Å²) < 4.78 is 40.4. The third-order valence-electron chi connectivity index (χ3n) is 6.15. The van der Waals surface area contributed by atoms with Crippen molar-refractivity contribution in [3.8, 4) is 0 Å². The van der Waals surface area contributed by atoms with E-state index in [1.54, 1.807) is 4.90 Å². The van der Waals surface area contributed by atoms with E-state index < -0.39 is 11.7 Å². The van der Waals surface area contributed by atoms with Crippen molar-refractivity contribution in [1.29, 1.82) is 0 Å². The summed E-state index contributed by atoms with van der Waals surface area (Å²) >= 11 is 0. The van der Waals surface area contributed by atoms with Crippen molar-refractivity contribution < 1.29 is 18.0 Å². The van der Waals surface area contributed by atoms with Crippen LogP contribution in [0.3, 0.4) is 0 Å². The van der Waals surface area contributed by atoms with E-state index in [9.17, 15) is 18.0 Å².